The fraction of sp³-hybridized carbons (Fsp3) is 0.700. The molecule has 0 bridgehead atoms. The molecule has 5 nitrogen and oxygen atoms in total. The quantitative estimate of drug-likeness (QED) is 0.768. The molecule has 25 heavy (non-hydrogen) atoms. The van der Waals surface area contributed by atoms with Crippen LogP contribution in [0.1, 0.15) is 66.2 Å². The smallest absolute Gasteiger partial charge is 0.217 e. The minimum absolute atomic E-state index is 0.0584. The van der Waals surface area contributed by atoms with E-state index in [4.69, 9.17) is 9.47 Å². The van der Waals surface area contributed by atoms with Crippen LogP contribution in [-0.4, -0.2) is 29.1 Å². The Balaban J connectivity index is 1.69. The molecule has 1 saturated carbocycles. The summed E-state index contributed by atoms with van der Waals surface area (Å²) in [6.07, 6.45) is 8.95. The van der Waals surface area contributed by atoms with Crippen molar-refractivity contribution in [3.8, 4) is 11.6 Å². The summed E-state index contributed by atoms with van der Waals surface area (Å²) >= 11 is 0. The Morgan fingerprint density at radius 2 is 1.96 bits per heavy atom. The summed E-state index contributed by atoms with van der Waals surface area (Å²) in [4.78, 5) is 15.3. The van der Waals surface area contributed by atoms with Crippen LogP contribution in [-0.2, 0) is 4.79 Å². The lowest BCUT2D eigenvalue weighted by Gasteiger charge is -2.29. The molecule has 1 aliphatic rings. The van der Waals surface area contributed by atoms with E-state index in [2.05, 4.69) is 17.2 Å². The summed E-state index contributed by atoms with van der Waals surface area (Å²) < 4.78 is 11.6. The van der Waals surface area contributed by atoms with Gasteiger partial charge in [-0.1, -0.05) is 0 Å². The van der Waals surface area contributed by atoms with Gasteiger partial charge in [0.05, 0.1) is 18.4 Å². The molecule has 1 amide bonds. The van der Waals surface area contributed by atoms with Gasteiger partial charge in [-0.05, 0) is 71.3 Å². The van der Waals surface area contributed by atoms with Crippen LogP contribution in [0.15, 0.2) is 18.3 Å². The van der Waals surface area contributed by atoms with Crippen molar-refractivity contribution >= 4 is 5.91 Å². The normalized spacial score (nSPS) is 21.6. The van der Waals surface area contributed by atoms with E-state index in [9.17, 15) is 4.79 Å². The number of aromatic nitrogens is 1. The highest BCUT2D eigenvalue weighted by Gasteiger charge is 2.23. The monoisotopic (exact) mass is 348 g/mol. The standard InChI is InChI=1S/C20H32N2O3/c1-14(2)24-20-12-11-19(13-21-20)25-18-9-7-17(8-10-18)6-5-15(3)22-16(4)23/h11-15,17-18H,5-10H2,1-4H3,(H,22,23)/t15-,17-,18-/m0/s1. The lowest BCUT2D eigenvalue weighted by molar-refractivity contribution is -0.119. The van der Waals surface area contributed by atoms with Crippen molar-refractivity contribution in [1.29, 1.82) is 0 Å². The van der Waals surface area contributed by atoms with E-state index in [0.29, 0.717) is 5.88 Å². The minimum Gasteiger partial charge on any atom is -0.489 e. The number of nitrogens with zero attached hydrogens (tertiary/aromatic N) is 1. The molecule has 5 heteroatoms. The number of carbonyl (C=O) groups is 1. The third kappa shape index (κ3) is 7.32. The van der Waals surface area contributed by atoms with Crippen LogP contribution in [0.5, 0.6) is 11.6 Å². The van der Waals surface area contributed by atoms with Gasteiger partial charge < -0.3 is 14.8 Å². The number of ether oxygens (including phenoxy) is 2. The second-order valence-electron chi connectivity index (χ2n) is 7.44. The van der Waals surface area contributed by atoms with E-state index >= 15 is 0 Å². The Morgan fingerprint density at radius 1 is 1.24 bits per heavy atom. The summed E-state index contributed by atoms with van der Waals surface area (Å²) in [5.41, 5.74) is 0. The van der Waals surface area contributed by atoms with Gasteiger partial charge in [-0.25, -0.2) is 4.98 Å². The van der Waals surface area contributed by atoms with E-state index in [1.807, 2.05) is 26.0 Å². The fourth-order valence-electron chi connectivity index (χ4n) is 3.38. The molecule has 2 rings (SSSR count). The van der Waals surface area contributed by atoms with Crippen molar-refractivity contribution in [2.45, 2.75) is 84.5 Å². The Morgan fingerprint density at radius 3 is 2.52 bits per heavy atom. The molecule has 0 unspecified atom stereocenters. The Hall–Kier alpha value is -1.78. The fourth-order valence-corrected chi connectivity index (χ4v) is 3.38. The lowest BCUT2D eigenvalue weighted by atomic mass is 9.84. The molecule has 1 aromatic heterocycles. The maximum Gasteiger partial charge on any atom is 0.217 e. The molecule has 1 atom stereocenters. The summed E-state index contributed by atoms with van der Waals surface area (Å²) in [5, 5.41) is 2.96. The van der Waals surface area contributed by atoms with E-state index in [0.717, 1.165) is 30.9 Å². The van der Waals surface area contributed by atoms with Crippen LogP contribution in [0.3, 0.4) is 0 Å². The van der Waals surface area contributed by atoms with Crippen molar-refractivity contribution in [3.05, 3.63) is 18.3 Å². The van der Waals surface area contributed by atoms with Crippen molar-refractivity contribution < 1.29 is 14.3 Å². The van der Waals surface area contributed by atoms with Crippen LogP contribution >= 0.6 is 0 Å². The number of hydrogen-bond donors (Lipinski definition) is 1. The predicted octanol–water partition coefficient (Wildman–Crippen LogP) is 4.11. The first-order chi connectivity index (χ1) is 11.9. The van der Waals surface area contributed by atoms with E-state index < -0.39 is 0 Å². The minimum atomic E-state index is 0.0584. The molecular formula is C20H32N2O3. The summed E-state index contributed by atoms with van der Waals surface area (Å²) in [7, 11) is 0. The third-order valence-electron chi connectivity index (χ3n) is 4.62. The number of nitrogens with one attached hydrogen (secondary N) is 1. The Bertz CT molecular complexity index is 522. The van der Waals surface area contributed by atoms with Crippen molar-refractivity contribution in [2.24, 2.45) is 5.92 Å². The average Bonchev–Trinajstić information content (AvgIpc) is 2.55. The second kappa shape index (κ2) is 9.64. The van der Waals surface area contributed by atoms with Gasteiger partial charge in [0, 0.05) is 19.0 Å². The van der Waals surface area contributed by atoms with E-state index in [-0.39, 0.29) is 24.2 Å². The molecule has 1 aromatic rings. The van der Waals surface area contributed by atoms with Gasteiger partial charge in [0.15, 0.2) is 0 Å². The molecule has 1 aliphatic carbocycles. The zero-order valence-electron chi connectivity index (χ0n) is 16.0. The SMILES string of the molecule is CC(=O)N[C@@H](C)CC[C@H]1CC[C@H](Oc2ccc(OC(C)C)nc2)CC1. The van der Waals surface area contributed by atoms with Crippen LogP contribution in [0.4, 0.5) is 0 Å². The van der Waals surface area contributed by atoms with Crippen LogP contribution in [0, 0.1) is 5.92 Å². The van der Waals surface area contributed by atoms with Gasteiger partial charge in [-0.2, -0.15) is 0 Å². The first-order valence-electron chi connectivity index (χ1n) is 9.49. The highest BCUT2D eigenvalue weighted by Crippen LogP contribution is 2.30. The van der Waals surface area contributed by atoms with Crippen LogP contribution in [0.25, 0.3) is 0 Å². The van der Waals surface area contributed by atoms with E-state index in [1.165, 1.54) is 19.3 Å². The summed E-state index contributed by atoms with van der Waals surface area (Å²) in [5.74, 6) is 2.26. The van der Waals surface area contributed by atoms with Gasteiger partial charge in [0.1, 0.15) is 5.75 Å². The Labute approximate surface area is 151 Å². The van der Waals surface area contributed by atoms with Crippen LogP contribution in [0.2, 0.25) is 0 Å². The molecule has 0 radical (unpaired) electrons. The van der Waals surface area contributed by atoms with Gasteiger partial charge >= 0.3 is 0 Å². The van der Waals surface area contributed by atoms with Gasteiger partial charge in [0.25, 0.3) is 0 Å². The predicted molar refractivity (Wildman–Crippen MR) is 98.9 cm³/mol. The highest BCUT2D eigenvalue weighted by molar-refractivity contribution is 5.73. The molecule has 140 valence electrons. The molecular weight excluding hydrogens is 316 g/mol. The Kier molecular flexibility index (Phi) is 7.53. The van der Waals surface area contributed by atoms with E-state index in [1.54, 1.807) is 13.1 Å². The number of amides is 1. The molecule has 1 heterocycles. The molecule has 1 fully saturated rings. The van der Waals surface area contributed by atoms with Crippen molar-refractivity contribution in [2.75, 3.05) is 0 Å². The molecule has 0 aromatic carbocycles. The van der Waals surface area contributed by atoms with Crippen molar-refractivity contribution in [1.82, 2.24) is 10.3 Å². The molecule has 0 spiro atoms. The van der Waals surface area contributed by atoms with Crippen molar-refractivity contribution in [3.63, 3.8) is 0 Å². The zero-order valence-corrected chi connectivity index (χ0v) is 16.0. The molecule has 0 aliphatic heterocycles. The topological polar surface area (TPSA) is 60.5 Å². The number of pyridine rings is 1. The molecule has 0 saturated heterocycles. The number of rotatable bonds is 8. The van der Waals surface area contributed by atoms with Crippen LogP contribution < -0.4 is 14.8 Å². The maximum absolute atomic E-state index is 11.1. The first-order valence-corrected chi connectivity index (χ1v) is 9.49. The number of carbonyl (C=O) groups excluding carboxylic acids is 1. The summed E-state index contributed by atoms with van der Waals surface area (Å²) in [6.45, 7) is 7.63. The second-order valence-corrected chi connectivity index (χ2v) is 7.44. The maximum atomic E-state index is 11.1. The van der Waals surface area contributed by atoms with Gasteiger partial charge in [0.2, 0.25) is 11.8 Å². The molecule has 1 N–H and O–H groups in total. The lowest BCUT2D eigenvalue weighted by Crippen LogP contribution is -2.31. The zero-order chi connectivity index (χ0) is 18.2. The first kappa shape index (κ1) is 19.5. The van der Waals surface area contributed by atoms with Gasteiger partial charge in [-0.3, -0.25) is 4.79 Å². The summed E-state index contributed by atoms with van der Waals surface area (Å²) in [6, 6.07) is 4.07. The highest BCUT2D eigenvalue weighted by atomic mass is 16.5. The largest absolute Gasteiger partial charge is 0.489 e. The third-order valence-corrected chi connectivity index (χ3v) is 4.62. The number of hydrogen-bond acceptors (Lipinski definition) is 4. The van der Waals surface area contributed by atoms with Gasteiger partial charge in [-0.15, -0.1) is 0 Å². The average molecular weight is 348 g/mol.